The molecule has 3 aromatic rings. The number of rotatable bonds is 7. The minimum absolute atomic E-state index is 0.0738. The van der Waals surface area contributed by atoms with Crippen LogP contribution in [0.15, 0.2) is 59.2 Å². The topological polar surface area (TPSA) is 59.3 Å². The lowest BCUT2D eigenvalue weighted by atomic mass is 10.2. The number of hydrogen-bond donors (Lipinski definition) is 1. The Morgan fingerprint density at radius 3 is 2.75 bits per heavy atom. The van der Waals surface area contributed by atoms with E-state index in [0.29, 0.717) is 23.6 Å². The van der Waals surface area contributed by atoms with Gasteiger partial charge in [0, 0.05) is 16.4 Å². The molecule has 4 nitrogen and oxygen atoms in total. The first-order chi connectivity index (χ1) is 11.5. The number of benzene rings is 1. The predicted molar refractivity (Wildman–Crippen MR) is 97.8 cm³/mol. The van der Waals surface area contributed by atoms with Crippen LogP contribution in [-0.4, -0.2) is 15.0 Å². The Morgan fingerprint density at radius 2 is 2.00 bits per heavy atom. The lowest BCUT2D eigenvalue weighted by Gasteiger charge is -2.06. The summed E-state index contributed by atoms with van der Waals surface area (Å²) in [6.45, 7) is 0.362. The molecule has 24 heavy (non-hydrogen) atoms. The summed E-state index contributed by atoms with van der Waals surface area (Å²) in [6.07, 6.45) is 2.28. The van der Waals surface area contributed by atoms with Gasteiger partial charge in [0.2, 0.25) is 10.0 Å². The molecular weight excluding hydrogens is 366 g/mol. The minimum atomic E-state index is -3.38. The molecule has 0 aliphatic rings. The molecule has 0 saturated heterocycles. The van der Waals surface area contributed by atoms with Crippen molar-refractivity contribution in [2.24, 2.45) is 0 Å². The highest BCUT2D eigenvalue weighted by Crippen LogP contribution is 2.28. The van der Waals surface area contributed by atoms with Gasteiger partial charge in [0.05, 0.1) is 16.9 Å². The van der Waals surface area contributed by atoms with Crippen molar-refractivity contribution in [2.75, 3.05) is 6.54 Å². The molecular formula is C17H16ClNO3S2. The maximum atomic E-state index is 12.1. The quantitative estimate of drug-likeness (QED) is 0.662. The maximum Gasteiger partial charge on any atom is 0.215 e. The molecule has 0 spiro atoms. The largest absolute Gasteiger partial charge is 0.464 e. The molecule has 0 radical (unpaired) electrons. The van der Waals surface area contributed by atoms with E-state index >= 15 is 0 Å². The Kier molecular flexibility index (Phi) is 5.40. The molecule has 1 N–H and O–H groups in total. The van der Waals surface area contributed by atoms with E-state index in [0.717, 1.165) is 15.5 Å². The number of halogens is 1. The zero-order valence-electron chi connectivity index (χ0n) is 12.7. The van der Waals surface area contributed by atoms with Crippen molar-refractivity contribution in [1.82, 2.24) is 4.72 Å². The van der Waals surface area contributed by atoms with Gasteiger partial charge in [0.1, 0.15) is 5.76 Å². The van der Waals surface area contributed by atoms with E-state index in [9.17, 15) is 8.42 Å². The standard InChI is InChI=1S/C17H16ClNO3S2/c18-14-4-1-3-13(11-14)12-24(20,21)19-9-8-15-6-7-17(23-15)16-5-2-10-22-16/h1-7,10-11,19H,8-9,12H2. The molecule has 2 aromatic heterocycles. The van der Waals surface area contributed by atoms with E-state index < -0.39 is 10.0 Å². The summed E-state index contributed by atoms with van der Waals surface area (Å²) >= 11 is 7.48. The van der Waals surface area contributed by atoms with E-state index in [1.165, 1.54) is 0 Å². The molecule has 0 unspecified atom stereocenters. The maximum absolute atomic E-state index is 12.1. The Balaban J connectivity index is 1.54. The molecule has 2 heterocycles. The van der Waals surface area contributed by atoms with Crippen molar-refractivity contribution < 1.29 is 12.8 Å². The van der Waals surface area contributed by atoms with Crippen LogP contribution in [0.2, 0.25) is 5.02 Å². The lowest BCUT2D eigenvalue weighted by molar-refractivity contribution is 0.581. The molecule has 0 saturated carbocycles. The van der Waals surface area contributed by atoms with Gasteiger partial charge in [-0.3, -0.25) is 0 Å². The summed E-state index contributed by atoms with van der Waals surface area (Å²) in [4.78, 5) is 2.14. The van der Waals surface area contributed by atoms with Crippen molar-refractivity contribution in [1.29, 1.82) is 0 Å². The van der Waals surface area contributed by atoms with Crippen molar-refractivity contribution in [3.63, 3.8) is 0 Å². The van der Waals surface area contributed by atoms with Gasteiger partial charge in [-0.2, -0.15) is 0 Å². The number of sulfonamides is 1. The molecule has 0 bridgehead atoms. The van der Waals surface area contributed by atoms with Crippen LogP contribution in [0.5, 0.6) is 0 Å². The first-order valence-electron chi connectivity index (χ1n) is 7.36. The van der Waals surface area contributed by atoms with Gasteiger partial charge in [-0.15, -0.1) is 11.3 Å². The highest BCUT2D eigenvalue weighted by Gasteiger charge is 2.12. The fraction of sp³-hybridized carbons (Fsp3) is 0.176. The van der Waals surface area contributed by atoms with Crippen LogP contribution in [0.3, 0.4) is 0 Å². The molecule has 1 aromatic carbocycles. The average molecular weight is 382 g/mol. The van der Waals surface area contributed by atoms with Crippen LogP contribution >= 0.6 is 22.9 Å². The van der Waals surface area contributed by atoms with E-state index in [1.54, 1.807) is 41.9 Å². The molecule has 0 fully saturated rings. The second-order valence-electron chi connectivity index (χ2n) is 5.28. The van der Waals surface area contributed by atoms with E-state index in [4.69, 9.17) is 16.0 Å². The Hall–Kier alpha value is -1.60. The third-order valence-electron chi connectivity index (χ3n) is 3.36. The Morgan fingerprint density at radius 1 is 1.12 bits per heavy atom. The predicted octanol–water partition coefficient (Wildman–Crippen LogP) is 4.32. The van der Waals surface area contributed by atoms with E-state index in [-0.39, 0.29) is 5.75 Å². The number of thiophene rings is 1. The summed E-state index contributed by atoms with van der Waals surface area (Å²) in [5, 5.41) is 0.534. The zero-order valence-corrected chi connectivity index (χ0v) is 15.1. The zero-order chi connectivity index (χ0) is 17.0. The fourth-order valence-corrected chi connectivity index (χ4v) is 4.61. The summed E-state index contributed by atoms with van der Waals surface area (Å²) in [6, 6.07) is 14.6. The van der Waals surface area contributed by atoms with Crippen molar-refractivity contribution >= 4 is 33.0 Å². The molecule has 3 rings (SSSR count). The van der Waals surface area contributed by atoms with Crippen molar-refractivity contribution in [2.45, 2.75) is 12.2 Å². The van der Waals surface area contributed by atoms with Gasteiger partial charge in [0.15, 0.2) is 0 Å². The molecule has 126 valence electrons. The summed E-state index contributed by atoms with van der Waals surface area (Å²) in [5.41, 5.74) is 0.672. The fourth-order valence-electron chi connectivity index (χ4n) is 2.29. The molecule has 0 aliphatic heterocycles. The molecule has 0 aliphatic carbocycles. The first-order valence-corrected chi connectivity index (χ1v) is 10.2. The van der Waals surface area contributed by atoms with Crippen LogP contribution in [0.25, 0.3) is 10.6 Å². The number of furan rings is 1. The average Bonchev–Trinajstić information content (AvgIpc) is 3.17. The SMILES string of the molecule is O=S(=O)(Cc1cccc(Cl)c1)NCCc1ccc(-c2ccco2)s1. The minimum Gasteiger partial charge on any atom is -0.464 e. The van der Waals surface area contributed by atoms with Crippen molar-refractivity contribution in [3.8, 4) is 10.6 Å². The van der Waals surface area contributed by atoms with Crippen LogP contribution < -0.4 is 4.72 Å². The third-order valence-corrected chi connectivity index (χ3v) is 6.12. The van der Waals surface area contributed by atoms with Gasteiger partial charge >= 0.3 is 0 Å². The second kappa shape index (κ2) is 7.53. The second-order valence-corrected chi connectivity index (χ2v) is 8.69. The smallest absolute Gasteiger partial charge is 0.215 e. The monoisotopic (exact) mass is 381 g/mol. The third kappa shape index (κ3) is 4.70. The van der Waals surface area contributed by atoms with Gasteiger partial charge in [0.25, 0.3) is 0 Å². The lowest BCUT2D eigenvalue weighted by Crippen LogP contribution is -2.27. The number of hydrogen-bond acceptors (Lipinski definition) is 4. The summed E-state index contributed by atoms with van der Waals surface area (Å²) in [5.74, 6) is 0.753. The first kappa shape index (κ1) is 17.2. The van der Waals surface area contributed by atoms with Gasteiger partial charge in [-0.1, -0.05) is 23.7 Å². The van der Waals surface area contributed by atoms with E-state index in [1.807, 2.05) is 24.3 Å². The van der Waals surface area contributed by atoms with Crippen LogP contribution in [0.1, 0.15) is 10.4 Å². The van der Waals surface area contributed by atoms with Crippen LogP contribution in [-0.2, 0) is 22.2 Å². The van der Waals surface area contributed by atoms with Crippen molar-refractivity contribution in [3.05, 3.63) is 70.3 Å². The normalized spacial score (nSPS) is 11.7. The van der Waals surface area contributed by atoms with Crippen LogP contribution in [0, 0.1) is 0 Å². The molecule has 7 heteroatoms. The highest BCUT2D eigenvalue weighted by molar-refractivity contribution is 7.88. The van der Waals surface area contributed by atoms with E-state index in [2.05, 4.69) is 4.72 Å². The molecule has 0 atom stereocenters. The molecule has 0 amide bonds. The summed E-state index contributed by atoms with van der Waals surface area (Å²) < 4.78 is 32.2. The number of nitrogens with one attached hydrogen (secondary N) is 1. The Bertz CT molecular complexity index is 902. The van der Waals surface area contributed by atoms with Gasteiger partial charge < -0.3 is 4.42 Å². The van der Waals surface area contributed by atoms with Gasteiger partial charge in [-0.25, -0.2) is 13.1 Å². The highest BCUT2D eigenvalue weighted by atomic mass is 35.5. The van der Waals surface area contributed by atoms with Gasteiger partial charge in [-0.05, 0) is 48.4 Å². The summed E-state index contributed by atoms with van der Waals surface area (Å²) in [7, 11) is -3.38. The van der Waals surface area contributed by atoms with Crippen LogP contribution in [0.4, 0.5) is 0 Å². The Labute approximate surface area is 150 Å².